The molecule has 1 saturated heterocycles. The van der Waals surface area contributed by atoms with Crippen LogP contribution in [0.5, 0.6) is 0 Å². The summed E-state index contributed by atoms with van der Waals surface area (Å²) >= 11 is 12.2. The molecule has 2 heterocycles. The lowest BCUT2D eigenvalue weighted by Gasteiger charge is -2.03. The van der Waals surface area contributed by atoms with E-state index in [1.165, 1.54) is 17.2 Å². The number of rotatable bonds is 1. The van der Waals surface area contributed by atoms with Crippen molar-refractivity contribution in [2.45, 2.75) is 0 Å². The van der Waals surface area contributed by atoms with Gasteiger partial charge in [-0.15, -0.1) is 0 Å². The SMILES string of the molecule is CN1C(=O)C(=Cc2coc3c(Cl)cccc3c2=O)SC1=S. The van der Waals surface area contributed by atoms with Crippen molar-refractivity contribution in [1.29, 1.82) is 0 Å². The first-order chi connectivity index (χ1) is 9.99. The Kier molecular flexibility index (Phi) is 3.61. The summed E-state index contributed by atoms with van der Waals surface area (Å²) in [6.07, 6.45) is 2.80. The Morgan fingerprint density at radius 3 is 2.81 bits per heavy atom. The van der Waals surface area contributed by atoms with Gasteiger partial charge in [0, 0.05) is 7.05 Å². The Balaban J connectivity index is 2.15. The number of amides is 1. The Bertz CT molecular complexity index is 872. The van der Waals surface area contributed by atoms with Crippen molar-refractivity contribution >= 4 is 62.9 Å². The smallest absolute Gasteiger partial charge is 0.265 e. The fraction of sp³-hybridized carbons (Fsp3) is 0.0714. The van der Waals surface area contributed by atoms with Crippen LogP contribution in [0.15, 0.2) is 38.6 Å². The minimum absolute atomic E-state index is 0.226. The molecule has 0 bridgehead atoms. The number of carbonyl (C=O) groups excluding carboxylic acids is 1. The lowest BCUT2D eigenvalue weighted by Crippen LogP contribution is -2.22. The molecular weight excluding hydrogens is 330 g/mol. The number of thioether (sulfide) groups is 1. The zero-order valence-electron chi connectivity index (χ0n) is 10.8. The van der Waals surface area contributed by atoms with Crippen LogP contribution >= 0.6 is 35.6 Å². The summed E-state index contributed by atoms with van der Waals surface area (Å²) in [7, 11) is 1.60. The Morgan fingerprint density at radius 2 is 2.14 bits per heavy atom. The van der Waals surface area contributed by atoms with E-state index in [-0.39, 0.29) is 11.3 Å². The molecule has 4 nitrogen and oxygen atoms in total. The van der Waals surface area contributed by atoms with Gasteiger partial charge in [-0.05, 0) is 18.2 Å². The van der Waals surface area contributed by atoms with Crippen LogP contribution in [0.4, 0.5) is 0 Å². The Hall–Kier alpha value is -1.63. The number of halogens is 1. The molecular formula is C14H8ClNO3S2. The summed E-state index contributed by atoms with van der Waals surface area (Å²) in [6, 6.07) is 4.96. The lowest BCUT2D eigenvalue weighted by molar-refractivity contribution is -0.121. The maximum Gasteiger partial charge on any atom is 0.265 e. The second-order valence-electron chi connectivity index (χ2n) is 4.38. The highest BCUT2D eigenvalue weighted by Gasteiger charge is 2.29. The number of carbonyl (C=O) groups is 1. The molecule has 2 aromatic rings. The van der Waals surface area contributed by atoms with E-state index in [2.05, 4.69) is 0 Å². The molecule has 1 aliphatic rings. The van der Waals surface area contributed by atoms with Crippen molar-refractivity contribution in [3.05, 3.63) is 50.2 Å². The first-order valence-corrected chi connectivity index (χ1v) is 7.51. The largest absolute Gasteiger partial charge is 0.462 e. The summed E-state index contributed by atoms with van der Waals surface area (Å²) in [5, 5.41) is 0.749. The van der Waals surface area contributed by atoms with Crippen LogP contribution in [0.1, 0.15) is 5.56 Å². The van der Waals surface area contributed by atoms with Crippen molar-refractivity contribution in [2.75, 3.05) is 7.05 Å². The van der Waals surface area contributed by atoms with E-state index in [0.717, 1.165) is 11.8 Å². The monoisotopic (exact) mass is 337 g/mol. The van der Waals surface area contributed by atoms with Gasteiger partial charge in [-0.1, -0.05) is 41.6 Å². The van der Waals surface area contributed by atoms with Crippen molar-refractivity contribution in [2.24, 2.45) is 0 Å². The molecule has 1 amide bonds. The van der Waals surface area contributed by atoms with Gasteiger partial charge in [0.05, 0.1) is 20.9 Å². The average molecular weight is 338 g/mol. The van der Waals surface area contributed by atoms with E-state index in [9.17, 15) is 9.59 Å². The highest BCUT2D eigenvalue weighted by Crippen LogP contribution is 2.31. The van der Waals surface area contributed by atoms with Crippen molar-refractivity contribution in [3.63, 3.8) is 0 Å². The zero-order chi connectivity index (χ0) is 15.1. The number of fused-ring (bicyclic) bond motifs is 1. The second kappa shape index (κ2) is 5.29. The fourth-order valence-corrected chi connectivity index (χ4v) is 3.31. The standard InChI is InChI=1S/C14H8ClNO3S2/c1-16-13(18)10(21-14(16)20)5-7-6-19-12-8(11(7)17)3-2-4-9(12)15/h2-6H,1H3. The second-order valence-corrected chi connectivity index (χ2v) is 6.46. The predicted octanol–water partition coefficient (Wildman–Crippen LogP) is 3.28. The minimum Gasteiger partial charge on any atom is -0.462 e. The maximum atomic E-state index is 12.4. The third-order valence-electron chi connectivity index (χ3n) is 3.05. The van der Waals surface area contributed by atoms with Gasteiger partial charge >= 0.3 is 0 Å². The summed E-state index contributed by atoms with van der Waals surface area (Å²) in [4.78, 5) is 26.1. The van der Waals surface area contributed by atoms with Crippen LogP contribution in [0.3, 0.4) is 0 Å². The molecule has 0 unspecified atom stereocenters. The average Bonchev–Trinajstić information content (AvgIpc) is 2.70. The van der Waals surface area contributed by atoms with E-state index in [4.69, 9.17) is 28.2 Å². The Morgan fingerprint density at radius 1 is 1.38 bits per heavy atom. The Labute approximate surface area is 134 Å². The molecule has 0 spiro atoms. The number of hydrogen-bond acceptors (Lipinski definition) is 5. The first kappa shape index (κ1) is 14.3. The van der Waals surface area contributed by atoms with Crippen LogP contribution in [-0.4, -0.2) is 22.2 Å². The summed E-state index contributed by atoms with van der Waals surface area (Å²) < 4.78 is 5.87. The molecule has 1 aromatic carbocycles. The number of nitrogens with zero attached hydrogens (tertiary/aromatic N) is 1. The minimum atomic E-state index is -0.236. The van der Waals surface area contributed by atoms with Gasteiger partial charge in [0.25, 0.3) is 5.91 Å². The number of likely N-dealkylation sites (N-methyl/N-ethyl adjacent to an activating group) is 1. The van der Waals surface area contributed by atoms with E-state index in [1.807, 2.05) is 0 Å². The number of thiocarbonyl (C=S) groups is 1. The number of benzene rings is 1. The lowest BCUT2D eigenvalue weighted by atomic mass is 10.1. The van der Waals surface area contributed by atoms with E-state index < -0.39 is 0 Å². The van der Waals surface area contributed by atoms with Crippen molar-refractivity contribution in [1.82, 2.24) is 4.90 Å². The normalized spacial score (nSPS) is 17.2. The van der Waals surface area contributed by atoms with Crippen LogP contribution in [-0.2, 0) is 4.79 Å². The molecule has 0 aliphatic carbocycles. The highest BCUT2D eigenvalue weighted by molar-refractivity contribution is 8.26. The maximum absolute atomic E-state index is 12.4. The summed E-state index contributed by atoms with van der Waals surface area (Å²) in [6.45, 7) is 0. The van der Waals surface area contributed by atoms with Gasteiger partial charge in [-0.25, -0.2) is 0 Å². The highest BCUT2D eigenvalue weighted by atomic mass is 35.5. The molecule has 106 valence electrons. The van der Waals surface area contributed by atoms with Gasteiger partial charge in [-0.2, -0.15) is 0 Å². The van der Waals surface area contributed by atoms with E-state index in [1.54, 1.807) is 25.2 Å². The van der Waals surface area contributed by atoms with Crippen LogP contribution in [0, 0.1) is 0 Å². The first-order valence-electron chi connectivity index (χ1n) is 5.90. The van der Waals surface area contributed by atoms with Gasteiger partial charge < -0.3 is 4.42 Å². The summed E-state index contributed by atoms with van der Waals surface area (Å²) in [5.74, 6) is -0.226. The summed E-state index contributed by atoms with van der Waals surface area (Å²) in [5.41, 5.74) is 0.392. The quantitative estimate of drug-likeness (QED) is 0.590. The van der Waals surface area contributed by atoms with Gasteiger partial charge in [0.1, 0.15) is 10.6 Å². The van der Waals surface area contributed by atoms with Gasteiger partial charge in [0.15, 0.2) is 11.0 Å². The van der Waals surface area contributed by atoms with Gasteiger partial charge in [0.2, 0.25) is 0 Å². The van der Waals surface area contributed by atoms with Crippen molar-refractivity contribution in [3.8, 4) is 0 Å². The molecule has 3 rings (SSSR count). The predicted molar refractivity (Wildman–Crippen MR) is 88.4 cm³/mol. The molecule has 7 heteroatoms. The number of hydrogen-bond donors (Lipinski definition) is 0. The van der Waals surface area contributed by atoms with Crippen LogP contribution in [0.2, 0.25) is 5.02 Å². The van der Waals surface area contributed by atoms with Crippen molar-refractivity contribution < 1.29 is 9.21 Å². The fourth-order valence-electron chi connectivity index (χ4n) is 1.93. The molecule has 0 saturated carbocycles. The molecule has 0 radical (unpaired) electrons. The van der Waals surface area contributed by atoms with Gasteiger partial charge in [-0.3, -0.25) is 14.5 Å². The molecule has 1 fully saturated rings. The molecule has 1 aliphatic heterocycles. The van der Waals surface area contributed by atoms with E-state index in [0.29, 0.717) is 30.8 Å². The third kappa shape index (κ3) is 2.39. The topological polar surface area (TPSA) is 50.5 Å². The van der Waals surface area contributed by atoms with E-state index >= 15 is 0 Å². The zero-order valence-corrected chi connectivity index (χ0v) is 13.1. The van der Waals surface area contributed by atoms with Crippen LogP contribution < -0.4 is 5.43 Å². The molecule has 1 aromatic heterocycles. The third-order valence-corrected chi connectivity index (χ3v) is 4.83. The molecule has 0 N–H and O–H groups in total. The van der Waals surface area contributed by atoms with Crippen LogP contribution in [0.25, 0.3) is 17.0 Å². The molecule has 0 atom stereocenters. The number of para-hydroxylation sites is 1. The molecule has 21 heavy (non-hydrogen) atoms.